The van der Waals surface area contributed by atoms with Gasteiger partial charge in [0, 0.05) is 5.56 Å². The maximum atomic E-state index is 10.2. The quantitative estimate of drug-likeness (QED) is 0.389. The van der Waals surface area contributed by atoms with Crippen LogP contribution in [0.3, 0.4) is 0 Å². The first kappa shape index (κ1) is 20.4. The second kappa shape index (κ2) is 8.46. The third-order valence-corrected chi connectivity index (χ3v) is 5.08. The predicted molar refractivity (Wildman–Crippen MR) is 104 cm³/mol. The highest BCUT2D eigenvalue weighted by Crippen LogP contribution is 2.31. The summed E-state index contributed by atoms with van der Waals surface area (Å²) in [4.78, 5) is 0. The van der Waals surface area contributed by atoms with Crippen molar-refractivity contribution in [2.75, 3.05) is 6.61 Å². The van der Waals surface area contributed by atoms with Crippen LogP contribution in [0.2, 0.25) is 0 Å². The third-order valence-electron chi connectivity index (χ3n) is 5.08. The minimum Gasteiger partial charge on any atom is -0.462 e. The van der Waals surface area contributed by atoms with Crippen LogP contribution < -0.4 is 4.74 Å². The molecule has 0 bridgehead atoms. The highest BCUT2D eigenvalue weighted by molar-refractivity contribution is 5.71. The maximum Gasteiger partial charge on any atom is 0.229 e. The molecule has 158 valence electrons. The van der Waals surface area contributed by atoms with Crippen LogP contribution in [-0.4, -0.2) is 78.4 Å². The second-order valence-electron chi connectivity index (χ2n) is 7.13. The zero-order valence-electron chi connectivity index (χ0n) is 16.1. The van der Waals surface area contributed by atoms with Gasteiger partial charge in [-0.15, -0.1) is 5.10 Å². The Balaban J connectivity index is 1.55. The van der Waals surface area contributed by atoms with E-state index in [9.17, 15) is 20.4 Å². The molecule has 0 aliphatic carbocycles. The molecule has 1 aromatic heterocycles. The van der Waals surface area contributed by atoms with Crippen LogP contribution >= 0.6 is 0 Å². The fraction of sp³-hybridized carbons (Fsp3) is 0.350. The molecule has 5 unspecified atom stereocenters. The standard InChI is InChI=1S/C20H22N4O6/c1-10-7-12(11-3-2-4-13(8-11)19-21-23-24-22-19)5-6-14(10)29-20-18(28)17(27)16(26)15(9-25)30-20/h2-8,15-18,20,25-28H,9H2,1H3,(H,21,22,23,24). The highest BCUT2D eigenvalue weighted by atomic mass is 16.7. The van der Waals surface area contributed by atoms with Gasteiger partial charge in [-0.05, 0) is 52.2 Å². The zero-order valence-corrected chi connectivity index (χ0v) is 16.1. The van der Waals surface area contributed by atoms with E-state index in [0.717, 1.165) is 22.3 Å². The summed E-state index contributed by atoms with van der Waals surface area (Å²) in [5, 5.41) is 53.1. The van der Waals surface area contributed by atoms with E-state index in [1.807, 2.05) is 43.3 Å². The minimum atomic E-state index is -1.49. The molecule has 3 aromatic rings. The summed E-state index contributed by atoms with van der Waals surface area (Å²) in [5.74, 6) is 1.01. The number of aliphatic hydroxyl groups is 4. The number of hydrogen-bond acceptors (Lipinski definition) is 9. The van der Waals surface area contributed by atoms with Crippen molar-refractivity contribution in [2.24, 2.45) is 0 Å². The number of nitrogens with one attached hydrogen (secondary N) is 1. The lowest BCUT2D eigenvalue weighted by atomic mass is 9.99. The van der Waals surface area contributed by atoms with Crippen molar-refractivity contribution in [3.8, 4) is 28.3 Å². The molecule has 10 heteroatoms. The average molecular weight is 414 g/mol. The number of rotatable bonds is 5. The molecule has 0 amide bonds. The Hall–Kier alpha value is -2.89. The van der Waals surface area contributed by atoms with Crippen molar-refractivity contribution in [3.63, 3.8) is 0 Å². The smallest absolute Gasteiger partial charge is 0.229 e. The summed E-state index contributed by atoms with van der Waals surface area (Å²) in [6.07, 6.45) is -6.64. The Morgan fingerprint density at radius 2 is 1.77 bits per heavy atom. The van der Waals surface area contributed by atoms with Crippen LogP contribution in [0.5, 0.6) is 5.75 Å². The van der Waals surface area contributed by atoms with E-state index in [0.29, 0.717) is 11.6 Å². The summed E-state index contributed by atoms with van der Waals surface area (Å²) in [6, 6.07) is 13.2. The van der Waals surface area contributed by atoms with Gasteiger partial charge in [0.25, 0.3) is 0 Å². The molecular formula is C20H22N4O6. The van der Waals surface area contributed by atoms with Gasteiger partial charge in [0.2, 0.25) is 6.29 Å². The second-order valence-corrected chi connectivity index (χ2v) is 7.13. The molecule has 0 radical (unpaired) electrons. The van der Waals surface area contributed by atoms with Gasteiger partial charge < -0.3 is 29.9 Å². The van der Waals surface area contributed by atoms with Gasteiger partial charge in [0.05, 0.1) is 6.61 Å². The molecular weight excluding hydrogens is 392 g/mol. The van der Waals surface area contributed by atoms with E-state index in [2.05, 4.69) is 20.6 Å². The molecule has 0 saturated carbocycles. The molecule has 4 rings (SSSR count). The first-order chi connectivity index (χ1) is 14.5. The number of ether oxygens (including phenoxy) is 2. The Morgan fingerprint density at radius 1 is 1.00 bits per heavy atom. The van der Waals surface area contributed by atoms with Crippen molar-refractivity contribution in [1.29, 1.82) is 0 Å². The normalized spacial score (nSPS) is 26.5. The van der Waals surface area contributed by atoms with Crippen LogP contribution in [0.4, 0.5) is 0 Å². The minimum absolute atomic E-state index is 0.443. The molecule has 5 atom stereocenters. The number of hydrogen-bond donors (Lipinski definition) is 5. The third kappa shape index (κ3) is 3.91. The molecule has 30 heavy (non-hydrogen) atoms. The molecule has 2 aromatic carbocycles. The van der Waals surface area contributed by atoms with Gasteiger partial charge >= 0.3 is 0 Å². The van der Waals surface area contributed by atoms with E-state index in [1.54, 1.807) is 6.07 Å². The van der Waals surface area contributed by atoms with E-state index >= 15 is 0 Å². The predicted octanol–water partition coefficient (Wildman–Crippen LogP) is 0.0208. The number of aliphatic hydroxyl groups excluding tert-OH is 4. The van der Waals surface area contributed by atoms with Gasteiger partial charge in [-0.25, -0.2) is 5.10 Å². The molecule has 1 fully saturated rings. The Kier molecular flexibility index (Phi) is 5.75. The van der Waals surface area contributed by atoms with Gasteiger partial charge in [-0.1, -0.05) is 24.3 Å². The molecule has 0 spiro atoms. The summed E-state index contributed by atoms with van der Waals surface area (Å²) in [5.41, 5.74) is 3.50. The summed E-state index contributed by atoms with van der Waals surface area (Å²) >= 11 is 0. The summed E-state index contributed by atoms with van der Waals surface area (Å²) in [7, 11) is 0. The van der Waals surface area contributed by atoms with Crippen LogP contribution in [0.1, 0.15) is 5.56 Å². The largest absolute Gasteiger partial charge is 0.462 e. The van der Waals surface area contributed by atoms with E-state index in [1.165, 1.54) is 0 Å². The molecule has 1 aliphatic rings. The van der Waals surface area contributed by atoms with E-state index < -0.39 is 37.3 Å². The van der Waals surface area contributed by atoms with Crippen molar-refractivity contribution in [1.82, 2.24) is 20.6 Å². The lowest BCUT2D eigenvalue weighted by Crippen LogP contribution is -2.60. The van der Waals surface area contributed by atoms with Crippen molar-refractivity contribution < 1.29 is 29.9 Å². The number of aryl methyl sites for hydroxylation is 1. The van der Waals surface area contributed by atoms with Gasteiger partial charge in [-0.2, -0.15) is 0 Å². The van der Waals surface area contributed by atoms with E-state index in [4.69, 9.17) is 9.47 Å². The molecule has 1 saturated heterocycles. The van der Waals surface area contributed by atoms with Crippen molar-refractivity contribution in [2.45, 2.75) is 37.6 Å². The zero-order chi connectivity index (χ0) is 21.3. The Labute approximate surface area is 171 Å². The summed E-state index contributed by atoms with van der Waals surface area (Å²) < 4.78 is 11.1. The average Bonchev–Trinajstić information content (AvgIpc) is 3.30. The number of H-pyrrole nitrogens is 1. The fourth-order valence-corrected chi connectivity index (χ4v) is 3.38. The number of nitrogens with zero attached hydrogens (tertiary/aromatic N) is 3. The van der Waals surface area contributed by atoms with Crippen molar-refractivity contribution >= 4 is 0 Å². The first-order valence-corrected chi connectivity index (χ1v) is 9.40. The van der Waals surface area contributed by atoms with E-state index in [-0.39, 0.29) is 0 Å². The molecule has 5 N–H and O–H groups in total. The number of aromatic nitrogens is 4. The van der Waals surface area contributed by atoms with Crippen LogP contribution in [0, 0.1) is 6.92 Å². The van der Waals surface area contributed by atoms with Gasteiger partial charge in [-0.3, -0.25) is 0 Å². The van der Waals surface area contributed by atoms with Crippen molar-refractivity contribution in [3.05, 3.63) is 48.0 Å². The van der Waals surface area contributed by atoms with Crippen LogP contribution in [0.25, 0.3) is 22.5 Å². The highest BCUT2D eigenvalue weighted by Gasteiger charge is 2.44. The van der Waals surface area contributed by atoms with Gasteiger partial charge in [0.1, 0.15) is 30.2 Å². The number of tetrazole rings is 1. The number of benzene rings is 2. The van der Waals surface area contributed by atoms with Crippen LogP contribution in [-0.2, 0) is 4.74 Å². The lowest BCUT2D eigenvalue weighted by molar-refractivity contribution is -0.277. The van der Waals surface area contributed by atoms with Gasteiger partial charge in [0.15, 0.2) is 5.82 Å². The Bertz CT molecular complexity index is 997. The maximum absolute atomic E-state index is 10.2. The number of aromatic amines is 1. The monoisotopic (exact) mass is 414 g/mol. The van der Waals surface area contributed by atoms with Crippen LogP contribution in [0.15, 0.2) is 42.5 Å². The molecule has 1 aliphatic heterocycles. The Morgan fingerprint density at radius 3 is 2.47 bits per heavy atom. The fourth-order valence-electron chi connectivity index (χ4n) is 3.38. The molecule has 10 nitrogen and oxygen atoms in total. The topological polar surface area (TPSA) is 154 Å². The summed E-state index contributed by atoms with van der Waals surface area (Å²) in [6.45, 7) is 1.33. The molecule has 2 heterocycles. The lowest BCUT2D eigenvalue weighted by Gasteiger charge is -2.39. The first-order valence-electron chi connectivity index (χ1n) is 9.40. The SMILES string of the molecule is Cc1cc(-c2cccc(-c3nnn[nH]3)c2)ccc1OC1OC(CO)C(O)C(O)C1O.